The summed E-state index contributed by atoms with van der Waals surface area (Å²) in [5.41, 5.74) is 0.0685. The fraction of sp³-hybridized carbons (Fsp3) is 0.318. The molecule has 0 saturated carbocycles. The van der Waals surface area contributed by atoms with E-state index in [9.17, 15) is 19.5 Å². The molecule has 1 atom stereocenters. The third kappa shape index (κ3) is 8.25. The summed E-state index contributed by atoms with van der Waals surface area (Å²) in [5, 5.41) is 17.0. The van der Waals surface area contributed by atoms with Gasteiger partial charge in [-0.05, 0) is 64.1 Å². The van der Waals surface area contributed by atoms with E-state index >= 15 is 0 Å². The summed E-state index contributed by atoms with van der Waals surface area (Å²) in [7, 11) is 0. The maximum Gasteiger partial charge on any atom is 0.408 e. The van der Waals surface area contributed by atoms with Gasteiger partial charge in [-0.3, -0.25) is 9.59 Å². The van der Waals surface area contributed by atoms with Crippen LogP contribution in [-0.2, 0) is 14.3 Å². The number of ether oxygens (including phenoxy) is 2. The fourth-order valence-electron chi connectivity index (χ4n) is 2.38. The minimum Gasteiger partial charge on any atom is -0.508 e. The van der Waals surface area contributed by atoms with Crippen LogP contribution in [0.2, 0.25) is 0 Å². The highest BCUT2D eigenvalue weighted by atomic mass is 16.6. The number of carbonyl (C=O) groups excluding carboxylic acids is 3. The predicted molar refractivity (Wildman–Crippen MR) is 116 cm³/mol. The lowest BCUT2D eigenvalue weighted by atomic mass is 10.2. The molecule has 0 aliphatic rings. The molecule has 3 amide bonds. The Kier molecular flexibility index (Phi) is 7.84. The van der Waals surface area contributed by atoms with Crippen molar-refractivity contribution in [2.24, 2.45) is 0 Å². The molecule has 0 fully saturated rings. The Labute approximate surface area is 180 Å². The minimum absolute atomic E-state index is 0.0929. The number of hydrogen-bond acceptors (Lipinski definition) is 6. The van der Waals surface area contributed by atoms with Crippen LogP contribution in [0.25, 0.3) is 0 Å². The Morgan fingerprint density at radius 2 is 1.55 bits per heavy atom. The smallest absolute Gasteiger partial charge is 0.408 e. The number of phenolic OH excluding ortho intramolecular Hbond substituents is 1. The maximum absolute atomic E-state index is 12.5. The molecule has 2 aromatic carbocycles. The number of phenols is 1. The molecule has 0 aliphatic heterocycles. The summed E-state index contributed by atoms with van der Waals surface area (Å²) < 4.78 is 10.6. The van der Waals surface area contributed by atoms with E-state index in [0.717, 1.165) is 0 Å². The normalized spacial score (nSPS) is 11.7. The van der Waals surface area contributed by atoms with Gasteiger partial charge in [-0.25, -0.2) is 4.79 Å². The van der Waals surface area contributed by atoms with Gasteiger partial charge in [0.25, 0.3) is 5.91 Å². The standard InChI is InChI=1S/C22H27N3O6/c1-14(30-16-11-9-15(26)10-12-16)20(28)25-18-8-6-5-7-17(18)24-19(27)13-23-21(29)31-22(2,3)4/h5-12,14,26H,13H2,1-4H3,(H,23,29)(H,24,27)(H,25,28). The molecule has 9 nitrogen and oxygen atoms in total. The summed E-state index contributed by atoms with van der Waals surface area (Å²) in [6.07, 6.45) is -1.54. The summed E-state index contributed by atoms with van der Waals surface area (Å²) in [5.74, 6) is -0.395. The summed E-state index contributed by atoms with van der Waals surface area (Å²) in [6.45, 7) is 6.44. The monoisotopic (exact) mass is 429 g/mol. The molecule has 2 rings (SSSR count). The van der Waals surface area contributed by atoms with Crippen molar-refractivity contribution in [1.82, 2.24) is 5.32 Å². The first-order valence-electron chi connectivity index (χ1n) is 9.66. The molecular formula is C22H27N3O6. The van der Waals surface area contributed by atoms with Gasteiger partial charge in [0.1, 0.15) is 23.6 Å². The second-order valence-electron chi connectivity index (χ2n) is 7.69. The van der Waals surface area contributed by atoms with E-state index in [1.807, 2.05) is 0 Å². The van der Waals surface area contributed by atoms with Crippen LogP contribution in [0.1, 0.15) is 27.7 Å². The molecule has 31 heavy (non-hydrogen) atoms. The van der Waals surface area contributed by atoms with Gasteiger partial charge in [-0.2, -0.15) is 0 Å². The van der Waals surface area contributed by atoms with Gasteiger partial charge in [0, 0.05) is 0 Å². The highest BCUT2D eigenvalue weighted by Gasteiger charge is 2.18. The Morgan fingerprint density at radius 1 is 0.968 bits per heavy atom. The van der Waals surface area contributed by atoms with Crippen LogP contribution in [0.5, 0.6) is 11.5 Å². The fourth-order valence-corrected chi connectivity index (χ4v) is 2.38. The molecule has 0 aromatic heterocycles. The van der Waals surface area contributed by atoms with Crippen molar-refractivity contribution in [2.75, 3.05) is 17.2 Å². The number of aromatic hydroxyl groups is 1. The first-order chi connectivity index (χ1) is 14.5. The van der Waals surface area contributed by atoms with E-state index in [4.69, 9.17) is 9.47 Å². The molecule has 9 heteroatoms. The lowest BCUT2D eigenvalue weighted by Crippen LogP contribution is -2.37. The Bertz CT molecular complexity index is 922. The first kappa shape index (κ1) is 23.5. The molecule has 0 bridgehead atoms. The molecular weight excluding hydrogens is 402 g/mol. The Morgan fingerprint density at radius 3 is 2.13 bits per heavy atom. The van der Waals surface area contributed by atoms with Gasteiger partial charge in [-0.1, -0.05) is 12.1 Å². The molecule has 4 N–H and O–H groups in total. The van der Waals surface area contributed by atoms with Gasteiger partial charge in [-0.15, -0.1) is 0 Å². The third-order valence-corrected chi connectivity index (χ3v) is 3.77. The van der Waals surface area contributed by atoms with Crippen molar-refractivity contribution in [2.45, 2.75) is 39.4 Å². The number of carbonyl (C=O) groups is 3. The molecule has 166 valence electrons. The Hall–Kier alpha value is -3.75. The Balaban J connectivity index is 1.93. The van der Waals surface area contributed by atoms with Crippen molar-refractivity contribution in [3.8, 4) is 11.5 Å². The van der Waals surface area contributed by atoms with Gasteiger partial charge >= 0.3 is 6.09 Å². The van der Waals surface area contributed by atoms with Gasteiger partial charge < -0.3 is 30.5 Å². The van der Waals surface area contributed by atoms with Crippen molar-refractivity contribution in [1.29, 1.82) is 0 Å². The first-order valence-corrected chi connectivity index (χ1v) is 9.66. The number of para-hydroxylation sites is 2. The molecule has 0 radical (unpaired) electrons. The SMILES string of the molecule is CC(Oc1ccc(O)cc1)C(=O)Nc1ccccc1NC(=O)CNC(=O)OC(C)(C)C. The topological polar surface area (TPSA) is 126 Å². The molecule has 0 aliphatic carbocycles. The van der Waals surface area contributed by atoms with Crippen LogP contribution in [0.15, 0.2) is 48.5 Å². The number of benzene rings is 2. The largest absolute Gasteiger partial charge is 0.508 e. The van der Waals surface area contributed by atoms with Crippen LogP contribution in [0.4, 0.5) is 16.2 Å². The number of nitrogens with one attached hydrogen (secondary N) is 3. The van der Waals surface area contributed by atoms with E-state index in [2.05, 4.69) is 16.0 Å². The second-order valence-corrected chi connectivity index (χ2v) is 7.69. The van der Waals surface area contributed by atoms with Crippen LogP contribution in [0.3, 0.4) is 0 Å². The van der Waals surface area contributed by atoms with Crippen LogP contribution < -0.4 is 20.7 Å². The van der Waals surface area contributed by atoms with Gasteiger partial charge in [0.05, 0.1) is 11.4 Å². The highest BCUT2D eigenvalue weighted by molar-refractivity contribution is 6.01. The number of amides is 3. The summed E-state index contributed by atoms with van der Waals surface area (Å²) in [4.78, 5) is 36.4. The van der Waals surface area contributed by atoms with Crippen LogP contribution in [0, 0.1) is 0 Å². The third-order valence-electron chi connectivity index (χ3n) is 3.77. The molecule has 1 unspecified atom stereocenters. The van der Waals surface area contributed by atoms with E-state index in [0.29, 0.717) is 17.1 Å². The quantitative estimate of drug-likeness (QED) is 0.535. The van der Waals surface area contributed by atoms with Gasteiger partial charge in [0.15, 0.2) is 6.10 Å². The molecule has 0 heterocycles. The summed E-state index contributed by atoms with van der Waals surface area (Å²) >= 11 is 0. The molecule has 2 aromatic rings. The number of rotatable bonds is 7. The van der Waals surface area contributed by atoms with E-state index in [1.165, 1.54) is 12.1 Å². The van der Waals surface area contributed by atoms with Crippen molar-refractivity contribution in [3.05, 3.63) is 48.5 Å². The highest BCUT2D eigenvalue weighted by Crippen LogP contribution is 2.22. The van der Waals surface area contributed by atoms with Crippen molar-refractivity contribution in [3.63, 3.8) is 0 Å². The van der Waals surface area contributed by atoms with E-state index in [1.54, 1.807) is 64.1 Å². The lowest BCUT2D eigenvalue weighted by Gasteiger charge is -2.19. The van der Waals surface area contributed by atoms with E-state index in [-0.39, 0.29) is 12.3 Å². The maximum atomic E-state index is 12.5. The molecule has 0 spiro atoms. The number of alkyl carbamates (subject to hydrolysis) is 1. The summed E-state index contributed by atoms with van der Waals surface area (Å²) in [6, 6.07) is 12.6. The van der Waals surface area contributed by atoms with Crippen molar-refractivity contribution >= 4 is 29.3 Å². The van der Waals surface area contributed by atoms with Gasteiger partial charge in [0.2, 0.25) is 5.91 Å². The average molecular weight is 429 g/mol. The predicted octanol–water partition coefficient (Wildman–Crippen LogP) is 3.26. The zero-order valence-corrected chi connectivity index (χ0v) is 17.9. The van der Waals surface area contributed by atoms with Crippen LogP contribution >= 0.6 is 0 Å². The minimum atomic E-state index is -0.831. The zero-order valence-electron chi connectivity index (χ0n) is 17.9. The second kappa shape index (κ2) is 10.3. The van der Waals surface area contributed by atoms with E-state index < -0.39 is 29.6 Å². The van der Waals surface area contributed by atoms with Crippen LogP contribution in [-0.4, -0.2) is 41.3 Å². The zero-order chi connectivity index (χ0) is 23.0. The number of hydrogen-bond donors (Lipinski definition) is 4. The number of anilines is 2. The molecule has 0 saturated heterocycles. The lowest BCUT2D eigenvalue weighted by molar-refractivity contribution is -0.122. The van der Waals surface area contributed by atoms with Crippen molar-refractivity contribution < 1.29 is 29.0 Å². The average Bonchev–Trinajstić information content (AvgIpc) is 2.68.